The van der Waals surface area contributed by atoms with Crippen LogP contribution in [0.1, 0.15) is 93.2 Å². The highest BCUT2D eigenvalue weighted by Crippen LogP contribution is 2.37. The van der Waals surface area contributed by atoms with Gasteiger partial charge < -0.3 is 19.6 Å². The van der Waals surface area contributed by atoms with Crippen molar-refractivity contribution in [2.75, 3.05) is 59.0 Å². The van der Waals surface area contributed by atoms with Gasteiger partial charge >= 0.3 is 5.97 Å². The summed E-state index contributed by atoms with van der Waals surface area (Å²) in [5.74, 6) is 1.13. The number of ether oxygens (including phenoxy) is 1. The van der Waals surface area contributed by atoms with Gasteiger partial charge in [-0.15, -0.1) is 0 Å². The largest absolute Gasteiger partial charge is 0.508 e. The molecule has 1 N–H and O–H groups in total. The van der Waals surface area contributed by atoms with Crippen LogP contribution in [0.4, 0.5) is 0 Å². The minimum Gasteiger partial charge on any atom is -0.508 e. The molecule has 0 bridgehead atoms. The maximum atomic E-state index is 13.9. The van der Waals surface area contributed by atoms with Gasteiger partial charge in [0, 0.05) is 63.3 Å². The summed E-state index contributed by atoms with van der Waals surface area (Å²) in [6, 6.07) is 16.6. The van der Waals surface area contributed by atoms with E-state index in [1.165, 1.54) is 19.4 Å². The van der Waals surface area contributed by atoms with Gasteiger partial charge in [0.25, 0.3) is 5.91 Å². The molecule has 1 saturated carbocycles. The molecule has 1 aliphatic carbocycles. The Morgan fingerprint density at radius 3 is 2.44 bits per heavy atom. The maximum absolute atomic E-state index is 13.9. The molecular formula is C37H54N4O4. The Morgan fingerprint density at radius 2 is 1.69 bits per heavy atom. The Kier molecular flexibility index (Phi) is 11.9. The van der Waals surface area contributed by atoms with Gasteiger partial charge in [-0.1, -0.05) is 30.7 Å². The van der Waals surface area contributed by atoms with E-state index in [1.54, 1.807) is 6.07 Å². The number of aromatic hydroxyl groups is 1. The number of carbonyl (C=O) groups is 2. The number of amides is 1. The van der Waals surface area contributed by atoms with Crippen molar-refractivity contribution in [3.8, 4) is 5.75 Å². The lowest BCUT2D eigenvalue weighted by molar-refractivity contribution is -0.143. The number of nitrogens with zero attached hydrogens (tertiary/aromatic N) is 4. The van der Waals surface area contributed by atoms with Gasteiger partial charge in [0.05, 0.1) is 12.6 Å². The van der Waals surface area contributed by atoms with E-state index in [-0.39, 0.29) is 23.7 Å². The number of rotatable bonds is 13. The first-order valence-electron chi connectivity index (χ1n) is 17.4. The normalized spacial score (nSPS) is 22.6. The van der Waals surface area contributed by atoms with E-state index in [9.17, 15) is 14.7 Å². The van der Waals surface area contributed by atoms with E-state index in [0.717, 1.165) is 94.1 Å². The quantitative estimate of drug-likeness (QED) is 0.233. The summed E-state index contributed by atoms with van der Waals surface area (Å²) < 4.78 is 5.03. The van der Waals surface area contributed by atoms with Crippen LogP contribution in [0.2, 0.25) is 0 Å². The minimum absolute atomic E-state index is 0.0474. The van der Waals surface area contributed by atoms with E-state index in [4.69, 9.17) is 4.74 Å². The van der Waals surface area contributed by atoms with E-state index >= 15 is 0 Å². The number of piperazine rings is 1. The lowest BCUT2D eigenvalue weighted by Crippen LogP contribution is -2.57. The van der Waals surface area contributed by atoms with Crippen LogP contribution in [0.25, 0.3) is 0 Å². The molecule has 8 heteroatoms. The second-order valence-corrected chi connectivity index (χ2v) is 13.5. The standard InChI is InChI=1S/C37H54N4O4/c1-4-45-35(43)15-6-5-7-18-38-19-10-20-39(22-21-38)37(44)33-13-8-11-31(23-33)36(32-12-9-14-34(42)24-32)41-26-28(2)40(25-29(41)3)27-30-16-17-30/h8-9,11-14,23-24,28-30,36,42H,4-7,10,15-22,25-27H2,1-3H3/t28-,29+,36-/m1/s1. The van der Waals surface area contributed by atoms with Crippen LogP contribution in [-0.2, 0) is 9.53 Å². The molecule has 3 aliphatic rings. The van der Waals surface area contributed by atoms with Crippen molar-refractivity contribution >= 4 is 11.9 Å². The molecule has 8 nitrogen and oxygen atoms in total. The second-order valence-electron chi connectivity index (χ2n) is 13.5. The molecule has 2 heterocycles. The van der Waals surface area contributed by atoms with Crippen molar-refractivity contribution in [3.05, 3.63) is 65.2 Å². The summed E-state index contributed by atoms with van der Waals surface area (Å²) in [5.41, 5.74) is 2.89. The molecule has 2 saturated heterocycles. The number of hydrogen-bond acceptors (Lipinski definition) is 7. The lowest BCUT2D eigenvalue weighted by Gasteiger charge is -2.48. The predicted octanol–water partition coefficient (Wildman–Crippen LogP) is 5.56. The number of carbonyl (C=O) groups excluding carboxylic acids is 2. The van der Waals surface area contributed by atoms with Gasteiger partial charge in [-0.25, -0.2) is 0 Å². The first-order chi connectivity index (χ1) is 21.8. The van der Waals surface area contributed by atoms with E-state index < -0.39 is 0 Å². The smallest absolute Gasteiger partial charge is 0.305 e. The number of unbranched alkanes of at least 4 members (excludes halogenated alkanes) is 2. The molecule has 2 aliphatic heterocycles. The van der Waals surface area contributed by atoms with Crippen LogP contribution in [0.15, 0.2) is 48.5 Å². The summed E-state index contributed by atoms with van der Waals surface area (Å²) in [5, 5.41) is 10.4. The Balaban J connectivity index is 1.24. The number of phenols is 1. The number of hydrogen-bond donors (Lipinski definition) is 1. The molecule has 45 heavy (non-hydrogen) atoms. The zero-order chi connectivity index (χ0) is 31.8. The molecule has 2 aromatic rings. The highest BCUT2D eigenvalue weighted by atomic mass is 16.5. The molecule has 2 aromatic carbocycles. The summed E-state index contributed by atoms with van der Waals surface area (Å²) in [4.78, 5) is 35.2. The van der Waals surface area contributed by atoms with E-state index in [1.807, 2.05) is 36.1 Å². The van der Waals surface area contributed by atoms with Gasteiger partial charge in [-0.2, -0.15) is 0 Å². The average molecular weight is 619 g/mol. The van der Waals surface area contributed by atoms with Crippen LogP contribution in [0.3, 0.4) is 0 Å². The van der Waals surface area contributed by atoms with Crippen molar-refractivity contribution in [1.82, 2.24) is 19.6 Å². The zero-order valence-corrected chi connectivity index (χ0v) is 27.7. The molecule has 3 fully saturated rings. The molecule has 0 unspecified atom stereocenters. The van der Waals surface area contributed by atoms with Gasteiger partial charge in [0.15, 0.2) is 0 Å². The maximum Gasteiger partial charge on any atom is 0.305 e. The van der Waals surface area contributed by atoms with Crippen LogP contribution in [0.5, 0.6) is 5.75 Å². The molecule has 1 amide bonds. The van der Waals surface area contributed by atoms with Gasteiger partial charge in [-0.05, 0) is 107 Å². The third kappa shape index (κ3) is 9.30. The van der Waals surface area contributed by atoms with Crippen molar-refractivity contribution in [1.29, 1.82) is 0 Å². The number of phenolic OH excluding ortho intramolecular Hbond substituents is 1. The molecule has 0 radical (unpaired) electrons. The van der Waals surface area contributed by atoms with Crippen molar-refractivity contribution in [2.45, 2.75) is 83.8 Å². The zero-order valence-electron chi connectivity index (χ0n) is 27.7. The first kappa shape index (κ1) is 33.4. The Hall–Kier alpha value is -2.94. The fraction of sp³-hybridized carbons (Fsp3) is 0.622. The van der Waals surface area contributed by atoms with Crippen molar-refractivity contribution < 1.29 is 19.4 Å². The van der Waals surface area contributed by atoms with Crippen molar-refractivity contribution in [3.63, 3.8) is 0 Å². The Labute approximate surface area is 270 Å². The fourth-order valence-corrected chi connectivity index (χ4v) is 7.18. The molecule has 0 spiro atoms. The van der Waals surface area contributed by atoms with Gasteiger partial charge in [-0.3, -0.25) is 19.4 Å². The summed E-state index contributed by atoms with van der Waals surface area (Å²) in [7, 11) is 0. The van der Waals surface area contributed by atoms with E-state index in [2.05, 4.69) is 46.7 Å². The highest BCUT2D eigenvalue weighted by molar-refractivity contribution is 5.94. The van der Waals surface area contributed by atoms with Crippen LogP contribution < -0.4 is 0 Å². The first-order valence-corrected chi connectivity index (χ1v) is 17.4. The topological polar surface area (TPSA) is 76.6 Å². The summed E-state index contributed by atoms with van der Waals surface area (Å²) in [6.07, 6.45) is 7.11. The molecule has 246 valence electrons. The summed E-state index contributed by atoms with van der Waals surface area (Å²) >= 11 is 0. The third-order valence-corrected chi connectivity index (χ3v) is 9.86. The Bertz CT molecular complexity index is 1270. The summed E-state index contributed by atoms with van der Waals surface area (Å²) in [6.45, 7) is 14.5. The number of esters is 1. The van der Waals surface area contributed by atoms with Gasteiger partial charge in [0.1, 0.15) is 5.75 Å². The minimum atomic E-state index is -0.103. The van der Waals surface area contributed by atoms with Crippen LogP contribution in [-0.4, -0.2) is 108 Å². The number of benzene rings is 2. The second kappa shape index (κ2) is 16.1. The predicted molar refractivity (Wildman–Crippen MR) is 178 cm³/mol. The third-order valence-electron chi connectivity index (χ3n) is 9.86. The Morgan fingerprint density at radius 1 is 0.911 bits per heavy atom. The lowest BCUT2D eigenvalue weighted by atomic mass is 9.92. The molecular weight excluding hydrogens is 564 g/mol. The van der Waals surface area contributed by atoms with Gasteiger partial charge in [0.2, 0.25) is 0 Å². The van der Waals surface area contributed by atoms with Crippen LogP contribution >= 0.6 is 0 Å². The SMILES string of the molecule is CCOC(=O)CCCCCN1CCCN(C(=O)c2cccc([C@H](c3cccc(O)c3)N3C[C@@H](C)N(CC4CC4)C[C@@H]3C)c2)CC1. The highest BCUT2D eigenvalue weighted by Gasteiger charge is 2.37. The van der Waals surface area contributed by atoms with Crippen LogP contribution in [0, 0.1) is 5.92 Å². The van der Waals surface area contributed by atoms with Crippen molar-refractivity contribution in [2.24, 2.45) is 5.92 Å². The molecule has 5 rings (SSSR count). The molecule has 0 aromatic heterocycles. The molecule has 3 atom stereocenters. The van der Waals surface area contributed by atoms with E-state index in [0.29, 0.717) is 25.1 Å². The average Bonchev–Trinajstić information content (AvgIpc) is 3.87. The monoisotopic (exact) mass is 618 g/mol. The fourth-order valence-electron chi connectivity index (χ4n) is 7.18.